The van der Waals surface area contributed by atoms with Crippen LogP contribution in [0.2, 0.25) is 0 Å². The van der Waals surface area contributed by atoms with Crippen LogP contribution >= 0.6 is 0 Å². The van der Waals surface area contributed by atoms with Gasteiger partial charge in [0.15, 0.2) is 0 Å². The largest absolute Gasteiger partial charge is 0.416 e. The van der Waals surface area contributed by atoms with Crippen LogP contribution < -0.4 is 5.01 Å². The van der Waals surface area contributed by atoms with E-state index < -0.39 is 11.7 Å². The van der Waals surface area contributed by atoms with Crippen LogP contribution in [0.15, 0.2) is 83.6 Å². The SMILES string of the molecule is CC1=NN(c2ccccc2)C(=O)/C1=C\c1cccn1-c1cccc(C(F)(F)F)c1. The van der Waals surface area contributed by atoms with Crippen molar-refractivity contribution in [2.24, 2.45) is 5.10 Å². The second-order valence-corrected chi connectivity index (χ2v) is 6.55. The molecule has 0 aliphatic carbocycles. The van der Waals surface area contributed by atoms with Crippen LogP contribution in [0, 0.1) is 0 Å². The van der Waals surface area contributed by atoms with Gasteiger partial charge in [-0.15, -0.1) is 0 Å². The first kappa shape index (κ1) is 18.7. The smallest absolute Gasteiger partial charge is 0.317 e. The highest BCUT2D eigenvalue weighted by atomic mass is 19.4. The first-order chi connectivity index (χ1) is 13.8. The molecule has 1 aliphatic heterocycles. The first-order valence-electron chi connectivity index (χ1n) is 8.86. The van der Waals surface area contributed by atoms with Crippen LogP contribution in [-0.2, 0) is 11.0 Å². The molecule has 2 heterocycles. The standard InChI is InChI=1S/C22H16F3N3O/c1-15-20(21(29)28(26-15)17-8-3-2-4-9-17)14-19-11-6-12-27(19)18-10-5-7-16(13-18)22(23,24)25/h2-14H,1H3/b20-14-. The number of para-hydroxylation sites is 1. The number of carbonyl (C=O) groups excluding carboxylic acids is 1. The van der Waals surface area contributed by atoms with Crippen molar-refractivity contribution >= 4 is 23.4 Å². The molecule has 1 aliphatic rings. The van der Waals surface area contributed by atoms with E-state index in [2.05, 4.69) is 5.10 Å². The lowest BCUT2D eigenvalue weighted by molar-refractivity contribution is -0.137. The van der Waals surface area contributed by atoms with E-state index in [1.807, 2.05) is 18.2 Å². The van der Waals surface area contributed by atoms with E-state index in [4.69, 9.17) is 0 Å². The van der Waals surface area contributed by atoms with Crippen LogP contribution in [0.25, 0.3) is 11.8 Å². The van der Waals surface area contributed by atoms with Crippen molar-refractivity contribution in [3.8, 4) is 5.69 Å². The Kier molecular flexibility index (Phi) is 4.58. The molecule has 0 atom stereocenters. The van der Waals surface area contributed by atoms with E-state index in [-0.39, 0.29) is 5.91 Å². The van der Waals surface area contributed by atoms with E-state index in [1.54, 1.807) is 54.1 Å². The molecule has 1 amide bonds. The highest BCUT2D eigenvalue weighted by Crippen LogP contribution is 2.31. The van der Waals surface area contributed by atoms with Gasteiger partial charge in [0.2, 0.25) is 0 Å². The molecule has 0 saturated carbocycles. The average molecular weight is 395 g/mol. The monoisotopic (exact) mass is 395 g/mol. The maximum atomic E-state index is 13.1. The highest BCUT2D eigenvalue weighted by molar-refractivity contribution is 6.32. The Balaban J connectivity index is 1.70. The van der Waals surface area contributed by atoms with Gasteiger partial charge in [0.1, 0.15) is 0 Å². The summed E-state index contributed by atoms with van der Waals surface area (Å²) < 4.78 is 40.8. The van der Waals surface area contributed by atoms with Crippen LogP contribution in [0.3, 0.4) is 0 Å². The third-order valence-electron chi connectivity index (χ3n) is 4.59. The Morgan fingerprint density at radius 1 is 0.931 bits per heavy atom. The van der Waals surface area contributed by atoms with Gasteiger partial charge in [-0.2, -0.15) is 23.3 Å². The van der Waals surface area contributed by atoms with Gasteiger partial charge >= 0.3 is 6.18 Å². The van der Waals surface area contributed by atoms with Gasteiger partial charge in [0.25, 0.3) is 5.91 Å². The minimum atomic E-state index is -4.43. The van der Waals surface area contributed by atoms with E-state index in [0.29, 0.717) is 28.4 Å². The number of halogens is 3. The van der Waals surface area contributed by atoms with E-state index in [9.17, 15) is 18.0 Å². The molecule has 4 nitrogen and oxygen atoms in total. The lowest BCUT2D eigenvalue weighted by Gasteiger charge is -2.12. The average Bonchev–Trinajstić information content (AvgIpc) is 3.28. The lowest BCUT2D eigenvalue weighted by Crippen LogP contribution is -2.21. The summed E-state index contributed by atoms with van der Waals surface area (Å²) in [5.41, 5.74) is 1.78. The normalized spacial score (nSPS) is 15.9. The quantitative estimate of drug-likeness (QED) is 0.555. The summed E-state index contributed by atoms with van der Waals surface area (Å²) >= 11 is 0. The molecule has 29 heavy (non-hydrogen) atoms. The molecule has 0 N–H and O–H groups in total. The highest BCUT2D eigenvalue weighted by Gasteiger charge is 2.31. The van der Waals surface area contributed by atoms with E-state index in [0.717, 1.165) is 12.1 Å². The second kappa shape index (κ2) is 7.09. The van der Waals surface area contributed by atoms with Gasteiger partial charge in [0, 0.05) is 17.6 Å². The number of rotatable bonds is 3. The molecule has 0 spiro atoms. The number of hydrogen-bond acceptors (Lipinski definition) is 2. The molecule has 7 heteroatoms. The second-order valence-electron chi connectivity index (χ2n) is 6.55. The Hall–Kier alpha value is -3.61. The molecule has 0 unspecified atom stereocenters. The number of benzene rings is 2. The summed E-state index contributed by atoms with van der Waals surface area (Å²) in [6.45, 7) is 1.73. The van der Waals surface area contributed by atoms with Crippen molar-refractivity contribution in [2.75, 3.05) is 5.01 Å². The van der Waals surface area contributed by atoms with E-state index >= 15 is 0 Å². The summed E-state index contributed by atoms with van der Waals surface area (Å²) in [5.74, 6) is -0.287. The molecule has 0 saturated heterocycles. The number of carbonyl (C=O) groups is 1. The van der Waals surface area contributed by atoms with Crippen molar-refractivity contribution in [2.45, 2.75) is 13.1 Å². The molecule has 146 valence electrons. The third-order valence-corrected chi connectivity index (χ3v) is 4.59. The van der Waals surface area contributed by atoms with Crippen molar-refractivity contribution in [1.29, 1.82) is 0 Å². The van der Waals surface area contributed by atoms with Crippen LogP contribution in [-0.4, -0.2) is 16.2 Å². The van der Waals surface area contributed by atoms with Crippen LogP contribution in [0.4, 0.5) is 18.9 Å². The topological polar surface area (TPSA) is 37.6 Å². The van der Waals surface area contributed by atoms with Crippen LogP contribution in [0.1, 0.15) is 18.2 Å². The predicted octanol–water partition coefficient (Wildman–Crippen LogP) is 5.30. The molecular weight excluding hydrogens is 379 g/mol. The van der Waals surface area contributed by atoms with Crippen molar-refractivity contribution in [3.63, 3.8) is 0 Å². The van der Waals surface area contributed by atoms with Crippen molar-refractivity contribution in [1.82, 2.24) is 4.57 Å². The van der Waals surface area contributed by atoms with Gasteiger partial charge in [0.05, 0.1) is 22.5 Å². The Morgan fingerprint density at radius 3 is 2.38 bits per heavy atom. The van der Waals surface area contributed by atoms with Gasteiger partial charge in [-0.3, -0.25) is 4.79 Å². The lowest BCUT2D eigenvalue weighted by atomic mass is 10.1. The van der Waals surface area contributed by atoms with Gasteiger partial charge in [-0.1, -0.05) is 24.3 Å². The minimum absolute atomic E-state index is 0.287. The zero-order valence-corrected chi connectivity index (χ0v) is 15.4. The number of hydrazone groups is 1. The van der Waals surface area contributed by atoms with Crippen molar-refractivity contribution in [3.05, 3.63) is 89.8 Å². The molecule has 4 rings (SSSR count). The molecule has 3 aromatic rings. The summed E-state index contributed by atoms with van der Waals surface area (Å²) in [4.78, 5) is 12.9. The molecule has 0 fully saturated rings. The number of amides is 1. The van der Waals surface area contributed by atoms with Gasteiger partial charge in [-0.05, 0) is 55.5 Å². The number of nitrogens with zero attached hydrogens (tertiary/aromatic N) is 3. The Morgan fingerprint density at radius 2 is 1.66 bits per heavy atom. The third kappa shape index (κ3) is 3.59. The number of anilines is 1. The fourth-order valence-corrected chi connectivity index (χ4v) is 3.16. The summed E-state index contributed by atoms with van der Waals surface area (Å²) in [5, 5.41) is 5.64. The number of aromatic nitrogens is 1. The summed E-state index contributed by atoms with van der Waals surface area (Å²) in [7, 11) is 0. The maximum absolute atomic E-state index is 13.1. The first-order valence-corrected chi connectivity index (χ1v) is 8.86. The van der Waals surface area contributed by atoms with Crippen LogP contribution in [0.5, 0.6) is 0 Å². The summed E-state index contributed by atoms with van der Waals surface area (Å²) in [6.07, 6.45) is -1.13. The van der Waals surface area contributed by atoms with E-state index in [1.165, 1.54) is 11.1 Å². The summed E-state index contributed by atoms with van der Waals surface area (Å²) in [6, 6.07) is 17.5. The fourth-order valence-electron chi connectivity index (χ4n) is 3.16. The maximum Gasteiger partial charge on any atom is 0.416 e. The van der Waals surface area contributed by atoms with Crippen molar-refractivity contribution < 1.29 is 18.0 Å². The minimum Gasteiger partial charge on any atom is -0.317 e. The molecule has 1 aromatic heterocycles. The number of alkyl halides is 3. The fraction of sp³-hybridized carbons (Fsp3) is 0.0909. The zero-order valence-electron chi connectivity index (χ0n) is 15.4. The molecule has 0 bridgehead atoms. The number of hydrogen-bond donors (Lipinski definition) is 0. The van der Waals surface area contributed by atoms with Gasteiger partial charge < -0.3 is 4.57 Å². The van der Waals surface area contributed by atoms with Gasteiger partial charge in [-0.25, -0.2) is 0 Å². The predicted molar refractivity (Wildman–Crippen MR) is 106 cm³/mol. The molecular formula is C22H16F3N3O. The Labute approximate surface area is 165 Å². The zero-order chi connectivity index (χ0) is 20.6. The Bertz CT molecular complexity index is 1130. The molecule has 0 radical (unpaired) electrons. The molecule has 2 aromatic carbocycles.